The van der Waals surface area contributed by atoms with Crippen molar-refractivity contribution in [2.45, 2.75) is 39.7 Å². The molecule has 0 aliphatic carbocycles. The second kappa shape index (κ2) is 9.80. The van der Waals surface area contributed by atoms with E-state index in [4.69, 9.17) is 16.3 Å². The summed E-state index contributed by atoms with van der Waals surface area (Å²) in [5, 5.41) is 12.5. The van der Waals surface area contributed by atoms with Crippen LogP contribution in [0.4, 0.5) is 5.69 Å². The Morgan fingerprint density at radius 2 is 1.96 bits per heavy atom. The molecule has 2 rings (SSSR count). The highest BCUT2D eigenvalue weighted by molar-refractivity contribution is 6.32. The lowest BCUT2D eigenvalue weighted by atomic mass is 10.1. The summed E-state index contributed by atoms with van der Waals surface area (Å²) in [6.07, 6.45) is 3.36. The van der Waals surface area contributed by atoms with Gasteiger partial charge in [-0.2, -0.15) is 5.26 Å². The lowest BCUT2D eigenvalue weighted by molar-refractivity contribution is -0.112. The second-order valence-corrected chi connectivity index (χ2v) is 6.61. The highest BCUT2D eigenvalue weighted by Gasteiger charge is 2.11. The molecule has 0 saturated carbocycles. The van der Waals surface area contributed by atoms with Gasteiger partial charge in [-0.1, -0.05) is 43.6 Å². The summed E-state index contributed by atoms with van der Waals surface area (Å²) in [6, 6.07) is 14.7. The van der Waals surface area contributed by atoms with Crippen molar-refractivity contribution in [1.29, 1.82) is 5.26 Å². The summed E-state index contributed by atoms with van der Waals surface area (Å²) in [7, 11) is 0. The third kappa shape index (κ3) is 5.87. The molecule has 2 aromatic rings. The molecule has 0 saturated heterocycles. The molecule has 1 atom stereocenters. The van der Waals surface area contributed by atoms with Crippen LogP contribution in [0.2, 0.25) is 5.02 Å². The number of aryl methyl sites for hydroxylation is 1. The minimum atomic E-state index is -0.460. The monoisotopic (exact) mass is 382 g/mol. The van der Waals surface area contributed by atoms with Gasteiger partial charge in [0.05, 0.1) is 11.1 Å². The van der Waals surface area contributed by atoms with Gasteiger partial charge in [-0.3, -0.25) is 4.79 Å². The first-order valence-corrected chi connectivity index (χ1v) is 9.32. The summed E-state index contributed by atoms with van der Waals surface area (Å²) in [4.78, 5) is 12.4. The Morgan fingerprint density at radius 1 is 1.26 bits per heavy atom. The normalized spacial score (nSPS) is 12.2. The van der Waals surface area contributed by atoms with Crippen LogP contribution in [0, 0.1) is 11.3 Å². The van der Waals surface area contributed by atoms with E-state index >= 15 is 0 Å². The maximum absolute atomic E-state index is 12.4. The minimum Gasteiger partial charge on any atom is -0.489 e. The van der Waals surface area contributed by atoms with E-state index in [9.17, 15) is 10.1 Å². The number of benzene rings is 2. The predicted molar refractivity (Wildman–Crippen MR) is 110 cm³/mol. The van der Waals surface area contributed by atoms with Gasteiger partial charge in [0.25, 0.3) is 5.91 Å². The van der Waals surface area contributed by atoms with Crippen molar-refractivity contribution in [2.24, 2.45) is 0 Å². The third-order valence-corrected chi connectivity index (χ3v) is 4.45. The smallest absolute Gasteiger partial charge is 0.266 e. The van der Waals surface area contributed by atoms with Crippen molar-refractivity contribution >= 4 is 29.3 Å². The molecule has 1 amide bonds. The lowest BCUT2D eigenvalue weighted by Crippen LogP contribution is -2.13. The quantitative estimate of drug-likeness (QED) is 0.499. The first-order valence-electron chi connectivity index (χ1n) is 8.95. The molecule has 0 fully saturated rings. The highest BCUT2D eigenvalue weighted by Crippen LogP contribution is 2.27. The molecule has 140 valence electrons. The number of nitrogens with zero attached hydrogens (tertiary/aromatic N) is 1. The zero-order chi connectivity index (χ0) is 19.8. The van der Waals surface area contributed by atoms with Gasteiger partial charge in [0, 0.05) is 5.69 Å². The number of anilines is 1. The number of rotatable bonds is 7. The van der Waals surface area contributed by atoms with E-state index < -0.39 is 5.91 Å². The molecular formula is C22H23ClN2O2. The fourth-order valence-corrected chi connectivity index (χ4v) is 2.57. The average molecular weight is 383 g/mol. The van der Waals surface area contributed by atoms with E-state index in [1.54, 1.807) is 18.2 Å². The largest absolute Gasteiger partial charge is 0.489 e. The van der Waals surface area contributed by atoms with Crippen molar-refractivity contribution in [3.8, 4) is 11.8 Å². The number of carbonyl (C=O) groups is 1. The number of nitrogens with one attached hydrogen (secondary N) is 1. The molecular weight excluding hydrogens is 360 g/mol. The van der Waals surface area contributed by atoms with Crippen LogP contribution in [-0.2, 0) is 11.2 Å². The topological polar surface area (TPSA) is 62.1 Å². The Kier molecular flexibility index (Phi) is 7.45. The van der Waals surface area contributed by atoms with Crippen LogP contribution < -0.4 is 10.1 Å². The van der Waals surface area contributed by atoms with Gasteiger partial charge >= 0.3 is 0 Å². The molecule has 0 heterocycles. The Bertz CT molecular complexity index is 867. The number of amides is 1. The first-order chi connectivity index (χ1) is 13.0. The van der Waals surface area contributed by atoms with Crippen molar-refractivity contribution in [1.82, 2.24) is 0 Å². The van der Waals surface area contributed by atoms with Crippen molar-refractivity contribution < 1.29 is 9.53 Å². The molecule has 2 aromatic carbocycles. The summed E-state index contributed by atoms with van der Waals surface area (Å²) >= 11 is 6.26. The molecule has 5 heteroatoms. The Balaban J connectivity index is 2.15. The molecule has 0 unspecified atom stereocenters. The van der Waals surface area contributed by atoms with Gasteiger partial charge in [-0.05, 0) is 61.2 Å². The van der Waals surface area contributed by atoms with E-state index in [2.05, 4.69) is 12.2 Å². The molecule has 27 heavy (non-hydrogen) atoms. The Morgan fingerprint density at radius 3 is 2.52 bits per heavy atom. The van der Waals surface area contributed by atoms with Crippen molar-refractivity contribution in [3.63, 3.8) is 0 Å². The lowest BCUT2D eigenvalue weighted by Gasteiger charge is -2.14. The molecule has 1 N–H and O–H groups in total. The number of ether oxygens (including phenoxy) is 1. The van der Waals surface area contributed by atoms with E-state index in [0.29, 0.717) is 22.0 Å². The number of hydrogen-bond acceptors (Lipinski definition) is 3. The van der Waals surface area contributed by atoms with Crippen LogP contribution in [0.25, 0.3) is 6.08 Å². The standard InChI is InChI=1S/C22H23ClN2O2/c1-4-15(3)27-21-11-8-17(13-20(21)23)12-18(14-24)22(26)25-19-9-6-16(5-2)7-10-19/h6-13,15H,4-5H2,1-3H3,(H,25,26)/b18-12-/t15-/m0/s1. The predicted octanol–water partition coefficient (Wildman–Crippen LogP) is 5.63. The summed E-state index contributed by atoms with van der Waals surface area (Å²) < 4.78 is 5.73. The van der Waals surface area contributed by atoms with Gasteiger partial charge in [-0.25, -0.2) is 0 Å². The van der Waals surface area contributed by atoms with Crippen LogP contribution in [0.3, 0.4) is 0 Å². The first kappa shape index (κ1) is 20.5. The zero-order valence-electron chi connectivity index (χ0n) is 15.8. The number of nitriles is 1. The van der Waals surface area contributed by atoms with Crippen LogP contribution in [0.5, 0.6) is 5.75 Å². The number of hydrogen-bond donors (Lipinski definition) is 1. The average Bonchev–Trinajstić information content (AvgIpc) is 2.68. The van der Waals surface area contributed by atoms with Crippen LogP contribution in [-0.4, -0.2) is 12.0 Å². The van der Waals surface area contributed by atoms with Crippen LogP contribution in [0.15, 0.2) is 48.0 Å². The van der Waals surface area contributed by atoms with Crippen molar-refractivity contribution in [3.05, 3.63) is 64.2 Å². The summed E-state index contributed by atoms with van der Waals surface area (Å²) in [5.41, 5.74) is 2.48. The molecule has 0 bridgehead atoms. The van der Waals surface area contributed by atoms with E-state index in [0.717, 1.165) is 12.8 Å². The van der Waals surface area contributed by atoms with Crippen LogP contribution >= 0.6 is 11.6 Å². The van der Waals surface area contributed by atoms with Crippen LogP contribution in [0.1, 0.15) is 38.3 Å². The van der Waals surface area contributed by atoms with E-state index in [1.807, 2.05) is 44.2 Å². The second-order valence-electron chi connectivity index (χ2n) is 6.20. The Labute approximate surface area is 165 Å². The van der Waals surface area contributed by atoms with Gasteiger partial charge in [0.15, 0.2) is 0 Å². The molecule has 0 aliphatic rings. The minimum absolute atomic E-state index is 0.00114. The maximum atomic E-state index is 12.4. The molecule has 0 spiro atoms. The fourth-order valence-electron chi connectivity index (χ4n) is 2.34. The maximum Gasteiger partial charge on any atom is 0.266 e. The molecule has 0 aliphatic heterocycles. The van der Waals surface area contributed by atoms with Gasteiger partial charge in [-0.15, -0.1) is 0 Å². The molecule has 0 radical (unpaired) electrons. The fraction of sp³-hybridized carbons (Fsp3) is 0.273. The molecule has 4 nitrogen and oxygen atoms in total. The van der Waals surface area contributed by atoms with Crippen molar-refractivity contribution in [2.75, 3.05) is 5.32 Å². The van der Waals surface area contributed by atoms with Gasteiger partial charge < -0.3 is 10.1 Å². The van der Waals surface area contributed by atoms with Gasteiger partial charge in [0.2, 0.25) is 0 Å². The SMILES string of the molecule is CCc1ccc(NC(=O)/C(C#N)=C\c2ccc(O[C@@H](C)CC)c(Cl)c2)cc1. The number of halogens is 1. The third-order valence-electron chi connectivity index (χ3n) is 4.16. The number of carbonyl (C=O) groups excluding carboxylic acids is 1. The van der Waals surface area contributed by atoms with Gasteiger partial charge in [0.1, 0.15) is 17.4 Å². The Hall–Kier alpha value is -2.77. The van der Waals surface area contributed by atoms with E-state index in [1.165, 1.54) is 11.6 Å². The summed E-state index contributed by atoms with van der Waals surface area (Å²) in [5.74, 6) is 0.125. The molecule has 0 aromatic heterocycles. The highest BCUT2D eigenvalue weighted by atomic mass is 35.5. The zero-order valence-corrected chi connectivity index (χ0v) is 16.5. The summed E-state index contributed by atoms with van der Waals surface area (Å²) in [6.45, 7) is 6.06. The van der Waals surface area contributed by atoms with E-state index in [-0.39, 0.29) is 11.7 Å².